The molecule has 166 valence electrons. The highest BCUT2D eigenvalue weighted by Gasteiger charge is 2.17. The maximum atomic E-state index is 12.2. The second-order valence-corrected chi connectivity index (χ2v) is 7.62. The summed E-state index contributed by atoms with van der Waals surface area (Å²) >= 11 is 0. The molecule has 4 rings (SSSR count). The molecule has 0 saturated heterocycles. The maximum Gasteiger partial charge on any atom is 0.283 e. The predicted octanol–water partition coefficient (Wildman–Crippen LogP) is 4.75. The van der Waals surface area contributed by atoms with Crippen LogP contribution in [0.1, 0.15) is 17.5 Å². The number of aromatic nitrogens is 1. The van der Waals surface area contributed by atoms with Gasteiger partial charge in [-0.05, 0) is 23.6 Å². The van der Waals surface area contributed by atoms with Crippen LogP contribution in [0.5, 0.6) is 5.88 Å². The van der Waals surface area contributed by atoms with Crippen LogP contribution in [-0.2, 0) is 22.6 Å². The number of fused-ring (bicyclic) bond motifs is 1. The summed E-state index contributed by atoms with van der Waals surface area (Å²) in [5.74, 6) is -0.893. The largest absolute Gasteiger partial charge is 0.493 e. The monoisotopic (exact) mass is 440 g/mol. The van der Waals surface area contributed by atoms with Gasteiger partial charge in [0.05, 0.1) is 12.1 Å². The normalized spacial score (nSPS) is 11.2. The molecule has 2 amide bonds. The van der Waals surface area contributed by atoms with E-state index in [1.165, 1.54) is 0 Å². The Morgan fingerprint density at radius 2 is 1.48 bits per heavy atom. The number of amides is 2. The fourth-order valence-electron chi connectivity index (χ4n) is 3.60. The minimum absolute atomic E-state index is 0.0662. The van der Waals surface area contributed by atoms with Gasteiger partial charge in [0, 0.05) is 11.8 Å². The van der Waals surface area contributed by atoms with Crippen molar-refractivity contribution in [1.82, 2.24) is 9.88 Å². The number of azo groups is 1. The van der Waals surface area contributed by atoms with Crippen LogP contribution in [0.2, 0.25) is 0 Å². The molecule has 0 atom stereocenters. The summed E-state index contributed by atoms with van der Waals surface area (Å²) in [6.07, 6.45) is 0.874. The molecule has 1 heterocycles. The van der Waals surface area contributed by atoms with Crippen LogP contribution in [0.3, 0.4) is 0 Å². The first-order valence-electron chi connectivity index (χ1n) is 10.7. The lowest BCUT2D eigenvalue weighted by atomic mass is 10.1. The minimum Gasteiger partial charge on any atom is -0.493 e. The lowest BCUT2D eigenvalue weighted by Gasteiger charge is -2.06. The molecule has 0 unspecified atom stereocenters. The van der Waals surface area contributed by atoms with Gasteiger partial charge in [0.15, 0.2) is 5.69 Å². The van der Waals surface area contributed by atoms with E-state index in [0.717, 1.165) is 16.6 Å². The van der Waals surface area contributed by atoms with Crippen LogP contribution in [0.4, 0.5) is 5.69 Å². The molecule has 2 N–H and O–H groups in total. The third-order valence-corrected chi connectivity index (χ3v) is 5.28. The second kappa shape index (κ2) is 10.4. The molecule has 7 nitrogen and oxygen atoms in total. The number of para-hydroxylation sites is 1. The van der Waals surface area contributed by atoms with Gasteiger partial charge in [-0.3, -0.25) is 9.59 Å². The number of carbonyl (C=O) groups is 2. The number of hydrogen-bond donors (Lipinski definition) is 2. The Balaban J connectivity index is 1.41. The molecular weight excluding hydrogens is 416 g/mol. The maximum absolute atomic E-state index is 12.2. The van der Waals surface area contributed by atoms with E-state index in [1.54, 1.807) is 4.57 Å². The van der Waals surface area contributed by atoms with Gasteiger partial charge in [0.2, 0.25) is 11.8 Å². The van der Waals surface area contributed by atoms with E-state index < -0.39 is 5.91 Å². The summed E-state index contributed by atoms with van der Waals surface area (Å²) in [5, 5.41) is 21.8. The van der Waals surface area contributed by atoms with Gasteiger partial charge in [-0.15, -0.1) is 10.2 Å². The van der Waals surface area contributed by atoms with Crippen molar-refractivity contribution in [3.05, 3.63) is 96.1 Å². The topological polar surface area (TPSA) is 96.1 Å². The van der Waals surface area contributed by atoms with E-state index in [2.05, 4.69) is 15.5 Å². The Morgan fingerprint density at radius 1 is 0.848 bits per heavy atom. The third-order valence-electron chi connectivity index (χ3n) is 5.28. The van der Waals surface area contributed by atoms with E-state index in [-0.39, 0.29) is 30.4 Å². The van der Waals surface area contributed by atoms with E-state index >= 15 is 0 Å². The fraction of sp³-hybridized carbons (Fsp3) is 0.154. The van der Waals surface area contributed by atoms with Gasteiger partial charge in [0.25, 0.3) is 5.91 Å². The summed E-state index contributed by atoms with van der Waals surface area (Å²) < 4.78 is 1.73. The van der Waals surface area contributed by atoms with E-state index in [4.69, 9.17) is 0 Å². The van der Waals surface area contributed by atoms with Gasteiger partial charge in [-0.1, -0.05) is 78.9 Å². The van der Waals surface area contributed by atoms with Crippen LogP contribution in [-0.4, -0.2) is 28.0 Å². The van der Waals surface area contributed by atoms with Crippen molar-refractivity contribution in [1.29, 1.82) is 0 Å². The van der Waals surface area contributed by atoms with Crippen LogP contribution in [0, 0.1) is 0 Å². The van der Waals surface area contributed by atoms with Crippen LogP contribution >= 0.6 is 0 Å². The van der Waals surface area contributed by atoms with Crippen molar-refractivity contribution in [3.63, 3.8) is 0 Å². The summed E-state index contributed by atoms with van der Waals surface area (Å²) in [5.41, 5.74) is 3.09. The van der Waals surface area contributed by atoms with Crippen molar-refractivity contribution in [2.45, 2.75) is 19.4 Å². The first-order valence-corrected chi connectivity index (χ1v) is 10.7. The lowest BCUT2D eigenvalue weighted by molar-refractivity contribution is -0.124. The molecule has 0 aliphatic heterocycles. The first kappa shape index (κ1) is 22.0. The average Bonchev–Trinajstić information content (AvgIpc) is 3.12. The quantitative estimate of drug-likeness (QED) is 0.387. The van der Waals surface area contributed by atoms with Crippen molar-refractivity contribution >= 4 is 28.4 Å². The van der Waals surface area contributed by atoms with Crippen LogP contribution in [0.15, 0.2) is 95.2 Å². The molecule has 7 heteroatoms. The number of nitrogens with one attached hydrogen (secondary N) is 1. The highest BCUT2D eigenvalue weighted by Crippen LogP contribution is 2.39. The molecule has 0 radical (unpaired) electrons. The molecule has 1 aromatic heterocycles. The van der Waals surface area contributed by atoms with Gasteiger partial charge in [0.1, 0.15) is 6.54 Å². The number of carbonyl (C=O) groups excluding carboxylic acids is 2. The zero-order valence-electron chi connectivity index (χ0n) is 18.0. The number of aromatic hydroxyl groups is 1. The number of benzene rings is 3. The van der Waals surface area contributed by atoms with E-state index in [0.29, 0.717) is 18.4 Å². The Kier molecular flexibility index (Phi) is 6.90. The zero-order chi connectivity index (χ0) is 23.0. The van der Waals surface area contributed by atoms with Gasteiger partial charge in [-0.2, -0.15) is 0 Å². The molecule has 0 fully saturated rings. The standard InChI is InChI=1S/C26H24N4O3/c31-23(16-15-19-9-3-1-4-10-19)27-17-24(32)28-29-25-21-13-7-8-14-22(21)30(26(25)33)18-20-11-5-2-6-12-20/h1-14,33H,15-18H2,(H,27,31). The Labute approximate surface area is 191 Å². The van der Waals surface area contributed by atoms with Crippen molar-refractivity contribution in [2.24, 2.45) is 10.2 Å². The molecule has 4 aromatic rings. The van der Waals surface area contributed by atoms with E-state index in [1.807, 2.05) is 84.9 Å². The third kappa shape index (κ3) is 5.51. The molecule has 0 spiro atoms. The molecule has 0 aliphatic carbocycles. The minimum atomic E-state index is -0.595. The molecule has 3 aromatic carbocycles. The highest BCUT2D eigenvalue weighted by molar-refractivity contribution is 5.95. The lowest BCUT2D eigenvalue weighted by Crippen LogP contribution is -2.28. The predicted molar refractivity (Wildman–Crippen MR) is 126 cm³/mol. The molecule has 33 heavy (non-hydrogen) atoms. The molecule has 0 aliphatic rings. The van der Waals surface area contributed by atoms with Gasteiger partial charge in [-0.25, -0.2) is 0 Å². The molecule has 0 saturated carbocycles. The van der Waals surface area contributed by atoms with Crippen LogP contribution < -0.4 is 5.32 Å². The van der Waals surface area contributed by atoms with Gasteiger partial charge < -0.3 is 15.0 Å². The number of hydrogen-bond acceptors (Lipinski definition) is 4. The fourth-order valence-corrected chi connectivity index (χ4v) is 3.60. The second-order valence-electron chi connectivity index (χ2n) is 7.62. The Hall–Kier alpha value is -4.26. The Bertz CT molecular complexity index is 1280. The SMILES string of the molecule is O=C(CNC(=O)CCc1ccccc1)N=Nc1c(O)n(Cc2ccccc2)c2ccccc12. The summed E-state index contributed by atoms with van der Waals surface area (Å²) in [6.45, 7) is 0.203. The average molecular weight is 441 g/mol. The van der Waals surface area contributed by atoms with Crippen LogP contribution in [0.25, 0.3) is 10.9 Å². The van der Waals surface area contributed by atoms with Crippen molar-refractivity contribution in [2.75, 3.05) is 6.54 Å². The molecule has 0 bridgehead atoms. The summed E-state index contributed by atoms with van der Waals surface area (Å²) in [7, 11) is 0. The zero-order valence-corrected chi connectivity index (χ0v) is 18.0. The van der Waals surface area contributed by atoms with Gasteiger partial charge >= 0.3 is 0 Å². The van der Waals surface area contributed by atoms with E-state index in [9.17, 15) is 14.7 Å². The number of aryl methyl sites for hydroxylation is 1. The number of rotatable bonds is 8. The summed E-state index contributed by atoms with van der Waals surface area (Å²) in [6, 6.07) is 26.8. The smallest absolute Gasteiger partial charge is 0.283 e. The highest BCUT2D eigenvalue weighted by atomic mass is 16.3. The summed E-state index contributed by atoms with van der Waals surface area (Å²) in [4.78, 5) is 24.2. The first-order chi connectivity index (χ1) is 16.1. The molecular formula is C26H24N4O3. The number of nitrogens with zero attached hydrogens (tertiary/aromatic N) is 3. The van der Waals surface area contributed by atoms with Crippen molar-refractivity contribution in [3.8, 4) is 5.88 Å². The Morgan fingerprint density at radius 3 is 2.21 bits per heavy atom. The van der Waals surface area contributed by atoms with Crippen molar-refractivity contribution < 1.29 is 14.7 Å².